The van der Waals surface area contributed by atoms with Crippen molar-refractivity contribution in [2.24, 2.45) is 0 Å². The van der Waals surface area contributed by atoms with Gasteiger partial charge in [0.1, 0.15) is 0 Å². The Kier molecular flexibility index (Phi) is 5.89. The van der Waals surface area contributed by atoms with Gasteiger partial charge in [0.05, 0.1) is 12.7 Å². The van der Waals surface area contributed by atoms with Gasteiger partial charge in [-0.3, -0.25) is 4.90 Å². The summed E-state index contributed by atoms with van der Waals surface area (Å²) < 4.78 is 11.2. The van der Waals surface area contributed by atoms with Gasteiger partial charge in [0.25, 0.3) is 0 Å². The van der Waals surface area contributed by atoms with Crippen LogP contribution in [0.2, 0.25) is 0 Å². The lowest BCUT2D eigenvalue weighted by Gasteiger charge is -2.43. The fraction of sp³-hybridized carbons (Fsp3) is 1.00. The topological polar surface area (TPSA) is 33.7 Å². The summed E-state index contributed by atoms with van der Waals surface area (Å²) in [5, 5.41) is 3.69. The first kappa shape index (κ1) is 14.3. The lowest BCUT2D eigenvalue weighted by Crippen LogP contribution is -2.58. The zero-order chi connectivity index (χ0) is 12.8. The molecule has 2 rings (SSSR count). The molecular formula is C14H28N2O2. The predicted octanol–water partition coefficient (Wildman–Crippen LogP) is 1.25. The molecule has 4 heteroatoms. The SMILES string of the molecule is CCCNC1CCOCC1N1CCCC(OC)C1. The molecule has 2 fully saturated rings. The van der Waals surface area contributed by atoms with Crippen LogP contribution in [0, 0.1) is 0 Å². The predicted molar refractivity (Wildman–Crippen MR) is 72.9 cm³/mol. The minimum atomic E-state index is 0.410. The van der Waals surface area contributed by atoms with Gasteiger partial charge < -0.3 is 14.8 Å². The molecule has 0 spiro atoms. The highest BCUT2D eigenvalue weighted by molar-refractivity contribution is 4.90. The summed E-state index contributed by atoms with van der Waals surface area (Å²) in [5.74, 6) is 0. The molecule has 0 amide bonds. The third-order valence-electron chi connectivity index (χ3n) is 4.19. The number of likely N-dealkylation sites (tertiary alicyclic amines) is 1. The van der Waals surface area contributed by atoms with Gasteiger partial charge >= 0.3 is 0 Å². The minimum absolute atomic E-state index is 0.410. The average molecular weight is 256 g/mol. The Morgan fingerprint density at radius 1 is 1.39 bits per heavy atom. The zero-order valence-electron chi connectivity index (χ0n) is 11.9. The smallest absolute Gasteiger partial charge is 0.0698 e. The van der Waals surface area contributed by atoms with Crippen molar-refractivity contribution in [2.75, 3.05) is 40.0 Å². The third-order valence-corrected chi connectivity index (χ3v) is 4.19. The zero-order valence-corrected chi connectivity index (χ0v) is 11.9. The summed E-state index contributed by atoms with van der Waals surface area (Å²) in [6.45, 7) is 7.37. The van der Waals surface area contributed by atoms with E-state index in [0.29, 0.717) is 18.2 Å². The summed E-state index contributed by atoms with van der Waals surface area (Å²) in [7, 11) is 1.83. The first-order valence-electron chi connectivity index (χ1n) is 7.43. The monoisotopic (exact) mass is 256 g/mol. The lowest BCUT2D eigenvalue weighted by molar-refractivity contribution is -0.0422. The van der Waals surface area contributed by atoms with Gasteiger partial charge in [0, 0.05) is 32.3 Å². The molecule has 2 aliphatic heterocycles. The molecule has 2 heterocycles. The second-order valence-corrected chi connectivity index (χ2v) is 5.49. The molecule has 0 aromatic heterocycles. The highest BCUT2D eigenvalue weighted by Gasteiger charge is 2.33. The van der Waals surface area contributed by atoms with E-state index < -0.39 is 0 Å². The van der Waals surface area contributed by atoms with Gasteiger partial charge in [-0.15, -0.1) is 0 Å². The average Bonchev–Trinajstić information content (AvgIpc) is 2.45. The normalized spacial score (nSPS) is 34.7. The van der Waals surface area contributed by atoms with Crippen molar-refractivity contribution >= 4 is 0 Å². The maximum absolute atomic E-state index is 5.69. The van der Waals surface area contributed by atoms with Crippen molar-refractivity contribution < 1.29 is 9.47 Å². The van der Waals surface area contributed by atoms with Crippen LogP contribution in [0.4, 0.5) is 0 Å². The highest BCUT2D eigenvalue weighted by atomic mass is 16.5. The van der Waals surface area contributed by atoms with Gasteiger partial charge in [-0.05, 0) is 38.8 Å². The summed E-state index contributed by atoms with van der Waals surface area (Å²) in [6, 6.07) is 1.12. The Bertz CT molecular complexity index is 238. The first-order chi connectivity index (χ1) is 8.85. The van der Waals surface area contributed by atoms with Crippen LogP contribution >= 0.6 is 0 Å². The Morgan fingerprint density at radius 3 is 3.06 bits per heavy atom. The number of rotatable bonds is 5. The molecule has 2 aliphatic rings. The lowest BCUT2D eigenvalue weighted by atomic mass is 9.98. The number of piperidine rings is 1. The Hall–Kier alpha value is -0.160. The van der Waals surface area contributed by atoms with Crippen molar-refractivity contribution in [1.29, 1.82) is 0 Å². The van der Waals surface area contributed by atoms with Crippen LogP contribution in [0.15, 0.2) is 0 Å². The van der Waals surface area contributed by atoms with Crippen LogP contribution in [0.3, 0.4) is 0 Å². The molecular weight excluding hydrogens is 228 g/mol. The van der Waals surface area contributed by atoms with E-state index >= 15 is 0 Å². The second-order valence-electron chi connectivity index (χ2n) is 5.49. The number of ether oxygens (including phenoxy) is 2. The van der Waals surface area contributed by atoms with Gasteiger partial charge in [-0.1, -0.05) is 6.92 Å². The van der Waals surface area contributed by atoms with Crippen molar-refractivity contribution in [3.63, 3.8) is 0 Å². The van der Waals surface area contributed by atoms with Gasteiger partial charge in [-0.25, -0.2) is 0 Å². The molecule has 106 valence electrons. The van der Waals surface area contributed by atoms with Gasteiger partial charge in [-0.2, -0.15) is 0 Å². The van der Waals surface area contributed by atoms with Crippen molar-refractivity contribution in [1.82, 2.24) is 10.2 Å². The van der Waals surface area contributed by atoms with Gasteiger partial charge in [0.15, 0.2) is 0 Å². The fourth-order valence-corrected chi connectivity index (χ4v) is 3.11. The summed E-state index contributed by atoms with van der Waals surface area (Å²) >= 11 is 0. The first-order valence-corrected chi connectivity index (χ1v) is 7.43. The van der Waals surface area contributed by atoms with Gasteiger partial charge in [0.2, 0.25) is 0 Å². The number of methoxy groups -OCH3 is 1. The van der Waals surface area contributed by atoms with Crippen LogP contribution in [0.25, 0.3) is 0 Å². The Labute approximate surface area is 111 Å². The molecule has 18 heavy (non-hydrogen) atoms. The fourth-order valence-electron chi connectivity index (χ4n) is 3.11. The molecule has 1 N–H and O–H groups in total. The molecule has 3 unspecified atom stereocenters. The molecule has 0 bridgehead atoms. The van der Waals surface area contributed by atoms with Crippen molar-refractivity contribution in [2.45, 2.75) is 50.8 Å². The Balaban J connectivity index is 1.90. The van der Waals surface area contributed by atoms with E-state index in [2.05, 4.69) is 17.1 Å². The number of nitrogens with zero attached hydrogens (tertiary/aromatic N) is 1. The van der Waals surface area contributed by atoms with Crippen molar-refractivity contribution in [3.8, 4) is 0 Å². The van der Waals surface area contributed by atoms with Crippen LogP contribution < -0.4 is 5.32 Å². The molecule has 4 nitrogen and oxygen atoms in total. The van der Waals surface area contributed by atoms with E-state index in [4.69, 9.17) is 9.47 Å². The van der Waals surface area contributed by atoms with Crippen molar-refractivity contribution in [3.05, 3.63) is 0 Å². The molecule has 0 radical (unpaired) electrons. The van der Waals surface area contributed by atoms with E-state index in [9.17, 15) is 0 Å². The van der Waals surface area contributed by atoms with E-state index in [-0.39, 0.29) is 0 Å². The molecule has 0 aromatic carbocycles. The molecule has 3 atom stereocenters. The second kappa shape index (κ2) is 7.43. The third kappa shape index (κ3) is 3.67. The number of nitrogens with one attached hydrogen (secondary N) is 1. The maximum Gasteiger partial charge on any atom is 0.0698 e. The van der Waals surface area contributed by atoms with Crippen LogP contribution in [0.1, 0.15) is 32.6 Å². The van der Waals surface area contributed by atoms with Crippen LogP contribution in [-0.2, 0) is 9.47 Å². The summed E-state index contributed by atoms with van der Waals surface area (Å²) in [4.78, 5) is 2.57. The number of hydrogen-bond acceptors (Lipinski definition) is 4. The Morgan fingerprint density at radius 2 is 2.28 bits per heavy atom. The van der Waals surface area contributed by atoms with E-state index in [1.54, 1.807) is 0 Å². The molecule has 2 saturated heterocycles. The van der Waals surface area contributed by atoms with Crippen LogP contribution in [0.5, 0.6) is 0 Å². The van der Waals surface area contributed by atoms with E-state index in [0.717, 1.165) is 32.7 Å². The van der Waals surface area contributed by atoms with Crippen LogP contribution in [-0.4, -0.2) is 63.0 Å². The molecule has 0 saturated carbocycles. The maximum atomic E-state index is 5.69. The van der Waals surface area contributed by atoms with E-state index in [1.165, 1.54) is 25.8 Å². The minimum Gasteiger partial charge on any atom is -0.380 e. The molecule has 0 aromatic rings. The summed E-state index contributed by atoms with van der Waals surface area (Å²) in [5.41, 5.74) is 0. The standard InChI is InChI=1S/C14H28N2O2/c1-3-7-15-13-6-9-18-11-14(13)16-8-4-5-12(10-16)17-2/h12-15H,3-11H2,1-2H3. The number of hydrogen-bond donors (Lipinski definition) is 1. The molecule has 0 aliphatic carbocycles. The largest absolute Gasteiger partial charge is 0.380 e. The summed E-state index contributed by atoms with van der Waals surface area (Å²) in [6.07, 6.45) is 5.19. The quantitative estimate of drug-likeness (QED) is 0.803. The van der Waals surface area contributed by atoms with E-state index in [1.807, 2.05) is 7.11 Å². The highest BCUT2D eigenvalue weighted by Crippen LogP contribution is 2.20.